The molecule has 2 aromatic carbocycles. The molecule has 0 aliphatic heterocycles. The molecule has 3 rings (SSSR count). The first kappa shape index (κ1) is 23.7. The summed E-state index contributed by atoms with van der Waals surface area (Å²) in [4.78, 5) is 16.1. The number of nitrogens with zero attached hydrogens (tertiary/aromatic N) is 2. The van der Waals surface area contributed by atoms with E-state index in [4.69, 9.17) is 4.74 Å². The van der Waals surface area contributed by atoms with Gasteiger partial charge in [0.25, 0.3) is 5.56 Å². The van der Waals surface area contributed by atoms with Gasteiger partial charge in [0.2, 0.25) is 15.7 Å². The predicted molar refractivity (Wildman–Crippen MR) is 122 cm³/mol. The topological polar surface area (TPSA) is 98.5 Å². The van der Waals surface area contributed by atoms with Crippen LogP contribution in [0.1, 0.15) is 43.3 Å². The third-order valence-electron chi connectivity index (χ3n) is 5.32. The molecule has 0 atom stereocenters. The van der Waals surface area contributed by atoms with Crippen LogP contribution in [0.25, 0.3) is 5.69 Å². The standard InChI is InChI=1S/C24H28N2O5S/c1-5-17-9-8-10-18(6-2)21(17)26-20(15-31-7-3)25-23(27)22(24(26)28)32(29,30)19-13-11-16(4)12-14-19/h8-14,28H,5-7,15H2,1-4H3. The second kappa shape index (κ2) is 9.67. The van der Waals surface area contributed by atoms with Crippen molar-refractivity contribution >= 4 is 9.84 Å². The van der Waals surface area contributed by atoms with E-state index in [0.29, 0.717) is 25.1 Å². The Labute approximate surface area is 188 Å². The molecule has 0 aliphatic carbocycles. The molecule has 0 saturated heterocycles. The van der Waals surface area contributed by atoms with E-state index in [1.807, 2.05) is 39.0 Å². The Morgan fingerprint density at radius 2 is 1.59 bits per heavy atom. The number of hydrogen-bond donors (Lipinski definition) is 1. The maximum absolute atomic E-state index is 13.4. The number of aryl methyl sites for hydroxylation is 3. The first-order valence-corrected chi connectivity index (χ1v) is 12.1. The summed E-state index contributed by atoms with van der Waals surface area (Å²) in [6, 6.07) is 11.8. The Morgan fingerprint density at radius 1 is 1.00 bits per heavy atom. The summed E-state index contributed by atoms with van der Waals surface area (Å²) in [6.45, 7) is 7.89. The number of para-hydroxylation sites is 1. The molecular formula is C24H28N2O5S. The van der Waals surface area contributed by atoms with Gasteiger partial charge in [0.15, 0.2) is 4.90 Å². The fourth-order valence-corrected chi connectivity index (χ4v) is 4.97. The van der Waals surface area contributed by atoms with E-state index in [1.165, 1.54) is 16.7 Å². The zero-order valence-electron chi connectivity index (χ0n) is 18.8. The second-order valence-corrected chi connectivity index (χ2v) is 9.29. The Balaban J connectivity index is 2.40. The van der Waals surface area contributed by atoms with Crippen molar-refractivity contribution in [1.29, 1.82) is 0 Å². The van der Waals surface area contributed by atoms with E-state index in [2.05, 4.69) is 4.98 Å². The summed E-state index contributed by atoms with van der Waals surface area (Å²) in [7, 11) is -4.31. The Bertz CT molecular complexity index is 1260. The summed E-state index contributed by atoms with van der Waals surface area (Å²) in [5.41, 5.74) is 2.27. The van der Waals surface area contributed by atoms with Gasteiger partial charge >= 0.3 is 0 Å². The molecule has 1 heterocycles. The molecular weight excluding hydrogens is 428 g/mol. The van der Waals surface area contributed by atoms with Gasteiger partial charge in [-0.05, 0) is 49.9 Å². The van der Waals surface area contributed by atoms with E-state index < -0.39 is 26.2 Å². The van der Waals surface area contributed by atoms with Crippen LogP contribution in [-0.4, -0.2) is 29.7 Å². The minimum absolute atomic E-state index is 0.0502. The maximum Gasteiger partial charge on any atom is 0.296 e. The second-order valence-electron chi connectivity index (χ2n) is 7.41. The molecule has 0 aliphatic rings. The van der Waals surface area contributed by atoms with Crippen molar-refractivity contribution in [2.75, 3.05) is 6.61 Å². The van der Waals surface area contributed by atoms with Gasteiger partial charge in [-0.15, -0.1) is 0 Å². The average Bonchev–Trinajstić information content (AvgIpc) is 2.77. The Morgan fingerprint density at radius 3 is 2.12 bits per heavy atom. The molecule has 32 heavy (non-hydrogen) atoms. The monoisotopic (exact) mass is 456 g/mol. The van der Waals surface area contributed by atoms with Crippen molar-refractivity contribution in [2.24, 2.45) is 0 Å². The van der Waals surface area contributed by atoms with Gasteiger partial charge in [-0.25, -0.2) is 8.42 Å². The highest BCUT2D eigenvalue weighted by atomic mass is 32.2. The lowest BCUT2D eigenvalue weighted by Gasteiger charge is -2.22. The summed E-state index contributed by atoms with van der Waals surface area (Å²) in [5.74, 6) is -0.510. The van der Waals surface area contributed by atoms with Crippen molar-refractivity contribution in [3.63, 3.8) is 0 Å². The minimum Gasteiger partial charge on any atom is -0.493 e. The van der Waals surface area contributed by atoms with Gasteiger partial charge < -0.3 is 9.84 Å². The van der Waals surface area contributed by atoms with Gasteiger partial charge in [-0.3, -0.25) is 9.36 Å². The molecule has 0 spiro atoms. The summed E-state index contributed by atoms with van der Waals surface area (Å²) in [5, 5.41) is 11.3. The highest BCUT2D eigenvalue weighted by Gasteiger charge is 2.31. The molecule has 3 aromatic rings. The molecule has 1 aromatic heterocycles. The number of benzene rings is 2. The van der Waals surface area contributed by atoms with Crippen LogP contribution >= 0.6 is 0 Å². The van der Waals surface area contributed by atoms with Crippen LogP contribution in [0, 0.1) is 6.92 Å². The van der Waals surface area contributed by atoms with Crippen molar-refractivity contribution in [3.8, 4) is 11.6 Å². The fraction of sp³-hybridized carbons (Fsp3) is 0.333. The molecule has 8 heteroatoms. The Hall–Kier alpha value is -2.97. The summed E-state index contributed by atoms with van der Waals surface area (Å²) < 4.78 is 33.6. The SMILES string of the molecule is CCOCc1nc(=O)c(S(=O)(=O)c2ccc(C)cc2)c(O)n1-c1c(CC)cccc1CC. The van der Waals surface area contributed by atoms with E-state index in [9.17, 15) is 18.3 Å². The highest BCUT2D eigenvalue weighted by Crippen LogP contribution is 2.32. The van der Waals surface area contributed by atoms with Gasteiger partial charge in [0.05, 0.1) is 10.6 Å². The van der Waals surface area contributed by atoms with E-state index in [-0.39, 0.29) is 17.3 Å². The molecule has 0 radical (unpaired) electrons. The highest BCUT2D eigenvalue weighted by molar-refractivity contribution is 7.91. The van der Waals surface area contributed by atoms with Crippen molar-refractivity contribution in [2.45, 2.75) is 56.9 Å². The molecule has 0 fully saturated rings. The third-order valence-corrected chi connectivity index (χ3v) is 7.11. The Kier molecular flexibility index (Phi) is 7.16. The number of aromatic nitrogens is 2. The number of sulfone groups is 1. The van der Waals surface area contributed by atoms with Crippen LogP contribution in [0.5, 0.6) is 5.88 Å². The average molecular weight is 457 g/mol. The van der Waals surface area contributed by atoms with Crippen LogP contribution < -0.4 is 5.56 Å². The zero-order chi connectivity index (χ0) is 23.5. The minimum atomic E-state index is -4.31. The molecule has 0 amide bonds. The van der Waals surface area contributed by atoms with Crippen molar-refractivity contribution in [1.82, 2.24) is 9.55 Å². The van der Waals surface area contributed by atoms with Crippen LogP contribution in [0.3, 0.4) is 0 Å². The number of hydrogen-bond acceptors (Lipinski definition) is 6. The normalized spacial score (nSPS) is 11.6. The van der Waals surface area contributed by atoms with E-state index in [0.717, 1.165) is 16.7 Å². The van der Waals surface area contributed by atoms with Crippen LogP contribution in [-0.2, 0) is 34.0 Å². The van der Waals surface area contributed by atoms with Crippen LogP contribution in [0.15, 0.2) is 57.1 Å². The summed E-state index contributed by atoms with van der Waals surface area (Å²) >= 11 is 0. The molecule has 0 bridgehead atoms. The van der Waals surface area contributed by atoms with Gasteiger partial charge in [-0.1, -0.05) is 49.7 Å². The van der Waals surface area contributed by atoms with Gasteiger partial charge in [0, 0.05) is 6.61 Å². The first-order chi connectivity index (χ1) is 15.3. The molecule has 0 saturated carbocycles. The van der Waals surface area contributed by atoms with E-state index >= 15 is 0 Å². The molecule has 170 valence electrons. The maximum atomic E-state index is 13.4. The predicted octanol–water partition coefficient (Wildman–Crippen LogP) is 3.74. The van der Waals surface area contributed by atoms with E-state index in [1.54, 1.807) is 19.1 Å². The number of aromatic hydroxyl groups is 1. The lowest BCUT2D eigenvalue weighted by atomic mass is 10.0. The largest absolute Gasteiger partial charge is 0.493 e. The van der Waals surface area contributed by atoms with Crippen molar-refractivity contribution < 1.29 is 18.3 Å². The van der Waals surface area contributed by atoms with Crippen LogP contribution in [0.4, 0.5) is 0 Å². The van der Waals surface area contributed by atoms with Crippen LogP contribution in [0.2, 0.25) is 0 Å². The lowest BCUT2D eigenvalue weighted by molar-refractivity contribution is 0.125. The smallest absolute Gasteiger partial charge is 0.296 e. The number of rotatable bonds is 8. The summed E-state index contributed by atoms with van der Waals surface area (Å²) in [6.07, 6.45) is 1.28. The van der Waals surface area contributed by atoms with Crippen molar-refractivity contribution in [3.05, 3.63) is 75.3 Å². The van der Waals surface area contributed by atoms with Gasteiger partial charge in [0.1, 0.15) is 12.4 Å². The lowest BCUT2D eigenvalue weighted by Crippen LogP contribution is -2.26. The zero-order valence-corrected chi connectivity index (χ0v) is 19.6. The number of ether oxygens (including phenoxy) is 1. The van der Waals surface area contributed by atoms with Gasteiger partial charge in [-0.2, -0.15) is 4.98 Å². The quantitative estimate of drug-likeness (QED) is 0.554. The molecule has 7 nitrogen and oxygen atoms in total. The molecule has 1 N–H and O–H groups in total. The first-order valence-electron chi connectivity index (χ1n) is 10.6. The third kappa shape index (κ3) is 4.33. The molecule has 0 unspecified atom stereocenters. The fourth-order valence-electron chi connectivity index (χ4n) is 3.64.